The number of hydrogen-bond donors (Lipinski definition) is 0. The van der Waals surface area contributed by atoms with Crippen molar-refractivity contribution >= 4 is 5.97 Å². The largest absolute Gasteiger partial charge is 0.466 e. The van der Waals surface area contributed by atoms with Gasteiger partial charge in [0.2, 0.25) is 0 Å². The third kappa shape index (κ3) is 9.30. The molecule has 0 N–H and O–H groups in total. The summed E-state index contributed by atoms with van der Waals surface area (Å²) in [6.07, 6.45) is 8.75. The fraction of sp³-hybridized carbons (Fsp3) is 0.750. The van der Waals surface area contributed by atoms with Crippen LogP contribution >= 0.6 is 0 Å². The minimum absolute atomic E-state index is 0.0884. The Morgan fingerprint density at radius 3 is 2.73 bits per heavy atom. The van der Waals surface area contributed by atoms with Crippen molar-refractivity contribution in [2.45, 2.75) is 32.6 Å². The van der Waals surface area contributed by atoms with Crippen LogP contribution in [0, 0.1) is 12.3 Å². The molecule has 0 bridgehead atoms. The average molecular weight is 211 g/mol. The third-order valence-corrected chi connectivity index (χ3v) is 2.09. The standard InChI is InChI=1S/C12H21NO2/c1-4-10-13(3)11-8-6-7-9-12(14)15-5-2/h1H,5-11H2,2-3H3. The van der Waals surface area contributed by atoms with E-state index in [2.05, 4.69) is 10.8 Å². The van der Waals surface area contributed by atoms with Crippen molar-refractivity contribution in [3.63, 3.8) is 0 Å². The molecule has 0 aliphatic rings. The maximum Gasteiger partial charge on any atom is 0.305 e. The molecule has 0 aliphatic heterocycles. The number of carbonyl (C=O) groups is 1. The first-order valence-corrected chi connectivity index (χ1v) is 5.48. The number of hydrogen-bond acceptors (Lipinski definition) is 3. The summed E-state index contributed by atoms with van der Waals surface area (Å²) in [4.78, 5) is 13.1. The Balaban J connectivity index is 3.25. The highest BCUT2D eigenvalue weighted by molar-refractivity contribution is 5.69. The van der Waals surface area contributed by atoms with Crippen LogP contribution in [-0.2, 0) is 9.53 Å². The smallest absolute Gasteiger partial charge is 0.305 e. The molecule has 0 rings (SSSR count). The summed E-state index contributed by atoms with van der Waals surface area (Å²) in [6, 6.07) is 0. The Hall–Kier alpha value is -1.01. The summed E-state index contributed by atoms with van der Waals surface area (Å²) in [5.74, 6) is 2.51. The molecule has 0 aromatic heterocycles. The van der Waals surface area contributed by atoms with E-state index in [0.717, 1.165) is 25.8 Å². The Labute approximate surface area is 92.8 Å². The van der Waals surface area contributed by atoms with Crippen LogP contribution in [0.3, 0.4) is 0 Å². The Morgan fingerprint density at radius 1 is 1.40 bits per heavy atom. The number of nitrogens with zero attached hydrogens (tertiary/aromatic N) is 1. The molecule has 0 fully saturated rings. The van der Waals surface area contributed by atoms with E-state index in [4.69, 9.17) is 11.2 Å². The summed E-state index contributed by atoms with van der Waals surface area (Å²) in [5.41, 5.74) is 0. The molecule has 0 atom stereocenters. The van der Waals surface area contributed by atoms with E-state index in [1.165, 1.54) is 0 Å². The Kier molecular flexibility index (Phi) is 8.90. The van der Waals surface area contributed by atoms with Gasteiger partial charge < -0.3 is 4.74 Å². The van der Waals surface area contributed by atoms with Crippen molar-refractivity contribution in [1.29, 1.82) is 0 Å². The predicted molar refractivity (Wildman–Crippen MR) is 61.4 cm³/mol. The lowest BCUT2D eigenvalue weighted by Crippen LogP contribution is -2.19. The van der Waals surface area contributed by atoms with Gasteiger partial charge in [0.05, 0.1) is 13.2 Å². The number of rotatable bonds is 8. The molecule has 0 aromatic carbocycles. The van der Waals surface area contributed by atoms with E-state index in [9.17, 15) is 4.79 Å². The van der Waals surface area contributed by atoms with E-state index in [0.29, 0.717) is 19.6 Å². The fourth-order valence-electron chi connectivity index (χ4n) is 1.30. The first-order chi connectivity index (χ1) is 7.20. The third-order valence-electron chi connectivity index (χ3n) is 2.09. The second kappa shape index (κ2) is 9.54. The van der Waals surface area contributed by atoms with Gasteiger partial charge in [-0.2, -0.15) is 0 Å². The molecular formula is C12H21NO2. The molecular weight excluding hydrogens is 190 g/mol. The normalized spacial score (nSPS) is 10.0. The summed E-state index contributed by atoms with van der Waals surface area (Å²) in [7, 11) is 2.01. The van der Waals surface area contributed by atoms with E-state index in [1.807, 2.05) is 14.0 Å². The van der Waals surface area contributed by atoms with Crippen LogP contribution in [0.15, 0.2) is 0 Å². The van der Waals surface area contributed by atoms with Crippen LogP contribution in [0.4, 0.5) is 0 Å². The monoisotopic (exact) mass is 211 g/mol. The number of ether oxygens (including phenoxy) is 1. The Bertz CT molecular complexity index is 208. The van der Waals surface area contributed by atoms with E-state index >= 15 is 0 Å². The highest BCUT2D eigenvalue weighted by atomic mass is 16.5. The van der Waals surface area contributed by atoms with E-state index in [1.54, 1.807) is 0 Å². The van der Waals surface area contributed by atoms with Gasteiger partial charge in [0.25, 0.3) is 0 Å². The molecule has 86 valence electrons. The van der Waals surface area contributed by atoms with Gasteiger partial charge in [-0.05, 0) is 33.4 Å². The van der Waals surface area contributed by atoms with Crippen LogP contribution in [-0.4, -0.2) is 37.6 Å². The predicted octanol–water partition coefficient (Wildman–Crippen LogP) is 1.67. The number of terminal acetylenes is 1. The van der Waals surface area contributed by atoms with Crippen molar-refractivity contribution in [3.05, 3.63) is 0 Å². The number of unbranched alkanes of at least 4 members (excludes halogenated alkanes) is 2. The van der Waals surface area contributed by atoms with Crippen LogP contribution in [0.1, 0.15) is 32.6 Å². The average Bonchev–Trinajstić information content (AvgIpc) is 2.18. The van der Waals surface area contributed by atoms with Crippen molar-refractivity contribution in [2.75, 3.05) is 26.7 Å². The molecule has 0 heterocycles. The zero-order chi connectivity index (χ0) is 11.5. The Morgan fingerprint density at radius 2 is 2.13 bits per heavy atom. The zero-order valence-electron chi connectivity index (χ0n) is 9.79. The van der Waals surface area contributed by atoms with Gasteiger partial charge in [-0.25, -0.2) is 0 Å². The van der Waals surface area contributed by atoms with Crippen molar-refractivity contribution in [2.24, 2.45) is 0 Å². The zero-order valence-corrected chi connectivity index (χ0v) is 9.79. The highest BCUT2D eigenvalue weighted by Gasteiger charge is 2.01. The lowest BCUT2D eigenvalue weighted by Gasteiger charge is -2.12. The van der Waals surface area contributed by atoms with Gasteiger partial charge in [-0.15, -0.1) is 6.42 Å². The van der Waals surface area contributed by atoms with E-state index in [-0.39, 0.29) is 5.97 Å². The maximum absolute atomic E-state index is 11.0. The minimum atomic E-state index is -0.0884. The van der Waals surface area contributed by atoms with Gasteiger partial charge in [0.1, 0.15) is 0 Å². The maximum atomic E-state index is 11.0. The fourth-order valence-corrected chi connectivity index (χ4v) is 1.30. The molecule has 15 heavy (non-hydrogen) atoms. The number of carbonyl (C=O) groups excluding carboxylic acids is 1. The first-order valence-electron chi connectivity index (χ1n) is 5.48. The summed E-state index contributed by atoms with van der Waals surface area (Å²) in [6.45, 7) is 3.99. The lowest BCUT2D eigenvalue weighted by molar-refractivity contribution is -0.143. The van der Waals surface area contributed by atoms with Gasteiger partial charge in [0.15, 0.2) is 0 Å². The molecule has 0 aromatic rings. The molecule has 0 aliphatic carbocycles. The van der Waals surface area contributed by atoms with Gasteiger partial charge >= 0.3 is 5.97 Å². The van der Waals surface area contributed by atoms with Crippen LogP contribution in [0.25, 0.3) is 0 Å². The molecule has 0 unspecified atom stereocenters. The van der Waals surface area contributed by atoms with Gasteiger partial charge in [-0.1, -0.05) is 12.3 Å². The second-order valence-electron chi connectivity index (χ2n) is 3.56. The van der Waals surface area contributed by atoms with Crippen molar-refractivity contribution in [3.8, 4) is 12.3 Å². The lowest BCUT2D eigenvalue weighted by atomic mass is 10.2. The summed E-state index contributed by atoms with van der Waals surface area (Å²) < 4.78 is 4.83. The summed E-state index contributed by atoms with van der Waals surface area (Å²) in [5, 5.41) is 0. The topological polar surface area (TPSA) is 29.5 Å². The van der Waals surface area contributed by atoms with Crippen LogP contribution < -0.4 is 0 Å². The molecule has 0 saturated heterocycles. The molecule has 0 saturated carbocycles. The quantitative estimate of drug-likeness (QED) is 0.347. The second-order valence-corrected chi connectivity index (χ2v) is 3.56. The highest BCUT2D eigenvalue weighted by Crippen LogP contribution is 2.02. The molecule has 0 spiro atoms. The first kappa shape index (κ1) is 14.0. The number of esters is 1. The van der Waals surface area contributed by atoms with Crippen LogP contribution in [0.2, 0.25) is 0 Å². The minimum Gasteiger partial charge on any atom is -0.466 e. The van der Waals surface area contributed by atoms with Gasteiger partial charge in [-0.3, -0.25) is 9.69 Å². The molecule has 3 nitrogen and oxygen atoms in total. The molecule has 3 heteroatoms. The summed E-state index contributed by atoms with van der Waals surface area (Å²) >= 11 is 0. The van der Waals surface area contributed by atoms with Crippen LogP contribution in [0.5, 0.6) is 0 Å². The van der Waals surface area contributed by atoms with Gasteiger partial charge in [0, 0.05) is 6.42 Å². The molecule has 0 amide bonds. The molecule has 0 radical (unpaired) electrons. The van der Waals surface area contributed by atoms with Crippen molar-refractivity contribution < 1.29 is 9.53 Å². The van der Waals surface area contributed by atoms with E-state index < -0.39 is 0 Å². The SMILES string of the molecule is C#CCN(C)CCCCCC(=O)OCC. The van der Waals surface area contributed by atoms with Crippen molar-refractivity contribution in [1.82, 2.24) is 4.90 Å².